The lowest BCUT2D eigenvalue weighted by Crippen LogP contribution is -2.17. The fourth-order valence-electron chi connectivity index (χ4n) is 0.373. The molecule has 0 rings (SSSR count). The third-order valence-corrected chi connectivity index (χ3v) is 0.760. The Morgan fingerprint density at radius 1 is 2.00 bits per heavy atom. The van der Waals surface area contributed by atoms with Gasteiger partial charge in [-0.15, -0.1) is 0 Å². The van der Waals surface area contributed by atoms with E-state index in [2.05, 4.69) is 11.3 Å². The molecule has 0 saturated carbocycles. The van der Waals surface area contributed by atoms with E-state index >= 15 is 0 Å². The lowest BCUT2D eigenvalue weighted by Gasteiger charge is -2.07. The van der Waals surface area contributed by atoms with E-state index in [-0.39, 0.29) is 6.61 Å². The van der Waals surface area contributed by atoms with Gasteiger partial charge >= 0.3 is 5.97 Å². The molecular formula is C6H10O3. The van der Waals surface area contributed by atoms with E-state index in [1.807, 2.05) is 0 Å². The number of carbonyl (C=O) groups is 1. The van der Waals surface area contributed by atoms with Gasteiger partial charge in [0.05, 0.1) is 6.61 Å². The van der Waals surface area contributed by atoms with Crippen LogP contribution in [0.2, 0.25) is 0 Å². The van der Waals surface area contributed by atoms with Gasteiger partial charge in [0, 0.05) is 6.92 Å². The van der Waals surface area contributed by atoms with Crippen LogP contribution in [-0.4, -0.2) is 23.8 Å². The van der Waals surface area contributed by atoms with Gasteiger partial charge in [0.15, 0.2) is 0 Å². The van der Waals surface area contributed by atoms with Crippen LogP contribution in [0.15, 0.2) is 12.7 Å². The lowest BCUT2D eigenvalue weighted by atomic mass is 10.4. The van der Waals surface area contributed by atoms with Crippen LogP contribution in [0.5, 0.6) is 0 Å². The molecule has 0 heterocycles. The Hall–Kier alpha value is -0.830. The van der Waals surface area contributed by atoms with Crippen molar-refractivity contribution in [3.8, 4) is 0 Å². The van der Waals surface area contributed by atoms with Crippen LogP contribution in [0.3, 0.4) is 0 Å². The molecule has 0 aromatic rings. The van der Waals surface area contributed by atoms with Crippen molar-refractivity contribution in [2.75, 3.05) is 6.61 Å². The summed E-state index contributed by atoms with van der Waals surface area (Å²) in [5, 5.41) is 8.43. The maximum absolute atomic E-state index is 10.2. The van der Waals surface area contributed by atoms with Gasteiger partial charge in [-0.25, -0.2) is 0 Å². The number of carbonyl (C=O) groups excluding carboxylic acids is 1. The van der Waals surface area contributed by atoms with Gasteiger partial charge in [-0.1, -0.05) is 6.58 Å². The molecule has 0 aromatic heterocycles. The molecule has 1 atom stereocenters. The Bertz CT molecular complexity index is 109. The zero-order chi connectivity index (χ0) is 7.28. The smallest absolute Gasteiger partial charge is 0.303 e. The average Bonchev–Trinajstić information content (AvgIpc) is 1.82. The van der Waals surface area contributed by atoms with Crippen molar-refractivity contribution in [1.29, 1.82) is 0 Å². The first kappa shape index (κ1) is 8.17. The molecule has 0 aliphatic carbocycles. The molecular weight excluding hydrogens is 120 g/mol. The standard InChI is InChI=1S/C6H10O3/c1-3-6(4-7)9-5(2)8/h3,6-7H,1,4H2,2H3. The maximum Gasteiger partial charge on any atom is 0.303 e. The van der Waals surface area contributed by atoms with Crippen molar-refractivity contribution in [1.82, 2.24) is 0 Å². The SMILES string of the molecule is C=CC(CO)OC(C)=O. The van der Waals surface area contributed by atoms with E-state index in [0.29, 0.717) is 0 Å². The van der Waals surface area contributed by atoms with Crippen LogP contribution in [0.1, 0.15) is 6.92 Å². The third-order valence-electron chi connectivity index (χ3n) is 0.760. The molecule has 1 N–H and O–H groups in total. The monoisotopic (exact) mass is 130 g/mol. The number of hydrogen-bond donors (Lipinski definition) is 1. The van der Waals surface area contributed by atoms with Gasteiger partial charge in [-0.05, 0) is 6.08 Å². The molecule has 0 amide bonds. The van der Waals surface area contributed by atoms with Gasteiger partial charge < -0.3 is 9.84 Å². The first-order valence-corrected chi connectivity index (χ1v) is 2.61. The van der Waals surface area contributed by atoms with Crippen molar-refractivity contribution >= 4 is 5.97 Å². The van der Waals surface area contributed by atoms with E-state index in [4.69, 9.17) is 5.11 Å². The molecule has 0 bridgehead atoms. The molecule has 0 aromatic carbocycles. The summed E-state index contributed by atoms with van der Waals surface area (Å²) in [5.41, 5.74) is 0. The Morgan fingerprint density at radius 3 is 2.67 bits per heavy atom. The van der Waals surface area contributed by atoms with Crippen LogP contribution in [0, 0.1) is 0 Å². The van der Waals surface area contributed by atoms with Crippen LogP contribution >= 0.6 is 0 Å². The molecule has 0 aliphatic heterocycles. The van der Waals surface area contributed by atoms with Crippen molar-refractivity contribution in [2.45, 2.75) is 13.0 Å². The first-order chi connectivity index (χ1) is 4.20. The Labute approximate surface area is 53.9 Å². The molecule has 0 saturated heterocycles. The molecule has 52 valence electrons. The Kier molecular flexibility index (Phi) is 3.71. The van der Waals surface area contributed by atoms with Gasteiger partial charge in [-0.3, -0.25) is 4.79 Å². The largest absolute Gasteiger partial charge is 0.456 e. The third kappa shape index (κ3) is 3.73. The number of hydrogen-bond acceptors (Lipinski definition) is 3. The van der Waals surface area contributed by atoms with Crippen LogP contribution in [0.25, 0.3) is 0 Å². The number of esters is 1. The number of aliphatic hydroxyl groups is 1. The highest BCUT2D eigenvalue weighted by Crippen LogP contribution is 1.90. The van der Waals surface area contributed by atoms with Gasteiger partial charge in [0.25, 0.3) is 0 Å². The minimum Gasteiger partial charge on any atom is -0.456 e. The second-order valence-corrected chi connectivity index (χ2v) is 1.57. The minimum atomic E-state index is -0.553. The lowest BCUT2D eigenvalue weighted by molar-refractivity contribution is -0.145. The summed E-state index contributed by atoms with van der Waals surface area (Å²) in [4.78, 5) is 10.2. The van der Waals surface area contributed by atoms with E-state index in [1.165, 1.54) is 13.0 Å². The summed E-state index contributed by atoms with van der Waals surface area (Å²) < 4.78 is 4.54. The predicted octanol–water partition coefficient (Wildman–Crippen LogP) is 0.0964. The quantitative estimate of drug-likeness (QED) is 0.435. The Morgan fingerprint density at radius 2 is 2.56 bits per heavy atom. The van der Waals surface area contributed by atoms with E-state index < -0.39 is 12.1 Å². The summed E-state index contributed by atoms with van der Waals surface area (Å²) in [5.74, 6) is -0.408. The zero-order valence-corrected chi connectivity index (χ0v) is 5.33. The number of rotatable bonds is 3. The average molecular weight is 130 g/mol. The van der Waals surface area contributed by atoms with Gasteiger partial charge in [0.2, 0.25) is 0 Å². The number of ether oxygens (including phenoxy) is 1. The number of aliphatic hydroxyl groups excluding tert-OH is 1. The molecule has 0 radical (unpaired) electrons. The fraction of sp³-hybridized carbons (Fsp3) is 0.500. The second kappa shape index (κ2) is 4.09. The van der Waals surface area contributed by atoms with E-state index in [0.717, 1.165) is 0 Å². The van der Waals surface area contributed by atoms with Crippen LogP contribution in [0.4, 0.5) is 0 Å². The first-order valence-electron chi connectivity index (χ1n) is 2.61. The van der Waals surface area contributed by atoms with Crippen molar-refractivity contribution in [3.63, 3.8) is 0 Å². The molecule has 1 unspecified atom stereocenters. The minimum absolute atomic E-state index is 0.205. The summed E-state index contributed by atoms with van der Waals surface area (Å²) >= 11 is 0. The highest BCUT2D eigenvalue weighted by molar-refractivity contribution is 5.66. The summed E-state index contributed by atoms with van der Waals surface area (Å²) in [6.07, 6.45) is 0.823. The molecule has 0 aliphatic rings. The highest BCUT2D eigenvalue weighted by Gasteiger charge is 2.03. The van der Waals surface area contributed by atoms with Gasteiger partial charge in [0.1, 0.15) is 6.10 Å². The molecule has 3 nitrogen and oxygen atoms in total. The van der Waals surface area contributed by atoms with Crippen LogP contribution < -0.4 is 0 Å². The second-order valence-electron chi connectivity index (χ2n) is 1.57. The van der Waals surface area contributed by atoms with Crippen molar-refractivity contribution in [2.24, 2.45) is 0 Å². The predicted molar refractivity (Wildman–Crippen MR) is 32.8 cm³/mol. The summed E-state index contributed by atoms with van der Waals surface area (Å²) in [6, 6.07) is 0. The van der Waals surface area contributed by atoms with E-state index in [9.17, 15) is 4.79 Å². The van der Waals surface area contributed by atoms with Crippen molar-refractivity contribution in [3.05, 3.63) is 12.7 Å². The Balaban J connectivity index is 3.55. The van der Waals surface area contributed by atoms with Crippen LogP contribution in [-0.2, 0) is 9.53 Å². The molecule has 3 heteroatoms. The maximum atomic E-state index is 10.2. The summed E-state index contributed by atoms with van der Waals surface area (Å²) in [6.45, 7) is 4.43. The molecule has 0 spiro atoms. The normalized spacial score (nSPS) is 12.2. The molecule has 9 heavy (non-hydrogen) atoms. The zero-order valence-electron chi connectivity index (χ0n) is 5.33. The van der Waals surface area contributed by atoms with Gasteiger partial charge in [-0.2, -0.15) is 0 Å². The van der Waals surface area contributed by atoms with Crippen molar-refractivity contribution < 1.29 is 14.6 Å². The highest BCUT2D eigenvalue weighted by atomic mass is 16.5. The van der Waals surface area contributed by atoms with E-state index in [1.54, 1.807) is 0 Å². The fourth-order valence-corrected chi connectivity index (χ4v) is 0.373. The molecule has 0 fully saturated rings. The summed E-state index contributed by atoms with van der Waals surface area (Å²) in [7, 11) is 0. The topological polar surface area (TPSA) is 46.5 Å².